The monoisotopic (exact) mass is 153 g/mol. The van der Waals surface area contributed by atoms with Crippen molar-refractivity contribution in [3.63, 3.8) is 0 Å². The summed E-state index contributed by atoms with van der Waals surface area (Å²) in [6.07, 6.45) is 0. The van der Waals surface area contributed by atoms with Crippen LogP contribution < -0.4 is 10.6 Å². The summed E-state index contributed by atoms with van der Waals surface area (Å²) < 4.78 is 0. The molecule has 3 N–H and O–H groups in total. The third kappa shape index (κ3) is 2.00. The summed E-state index contributed by atoms with van der Waals surface area (Å²) in [7, 11) is 1.57. The van der Waals surface area contributed by atoms with E-state index in [2.05, 4.69) is 15.6 Å². The van der Waals surface area contributed by atoms with Crippen LogP contribution in [-0.4, -0.2) is 18.1 Å². The van der Waals surface area contributed by atoms with Crippen molar-refractivity contribution in [1.82, 2.24) is 10.3 Å². The molecule has 1 aromatic heterocycles. The molecular formula is C7H11N3O. The van der Waals surface area contributed by atoms with Crippen LogP contribution in [0.1, 0.15) is 5.69 Å². The maximum atomic E-state index is 10.7. The number of rotatable bonds is 1. The summed E-state index contributed by atoms with van der Waals surface area (Å²) in [6, 6.07) is 3.49. The first-order valence-corrected chi connectivity index (χ1v) is 3.36. The predicted molar refractivity (Wildman–Crippen MR) is 43.6 cm³/mol. The maximum Gasteiger partial charge on any atom is 0.320 e. The topological polar surface area (TPSA) is 56.9 Å². The average Bonchev–Trinajstić information content (AvgIpc) is 2.35. The quantitative estimate of drug-likeness (QED) is 0.555. The van der Waals surface area contributed by atoms with E-state index in [-0.39, 0.29) is 6.03 Å². The highest BCUT2D eigenvalue weighted by Crippen LogP contribution is 2.04. The van der Waals surface area contributed by atoms with Crippen molar-refractivity contribution in [3.8, 4) is 0 Å². The SMILES string of the molecule is CNC(=O)Nc1ccc(C)[nH]1. The highest BCUT2D eigenvalue weighted by molar-refractivity contribution is 5.87. The molecule has 1 aromatic rings. The van der Waals surface area contributed by atoms with Crippen molar-refractivity contribution in [2.45, 2.75) is 6.92 Å². The highest BCUT2D eigenvalue weighted by Gasteiger charge is 1.97. The smallest absolute Gasteiger partial charge is 0.320 e. The van der Waals surface area contributed by atoms with Crippen LogP contribution in [0.3, 0.4) is 0 Å². The van der Waals surface area contributed by atoms with Crippen LogP contribution in [0.25, 0.3) is 0 Å². The molecule has 0 saturated heterocycles. The van der Waals surface area contributed by atoms with E-state index in [9.17, 15) is 4.79 Å². The number of carbonyl (C=O) groups excluding carboxylic acids is 1. The molecule has 0 spiro atoms. The van der Waals surface area contributed by atoms with Gasteiger partial charge >= 0.3 is 6.03 Å². The summed E-state index contributed by atoms with van der Waals surface area (Å²) in [5.74, 6) is 0.710. The minimum absolute atomic E-state index is 0.216. The number of anilines is 1. The molecule has 0 aromatic carbocycles. The van der Waals surface area contributed by atoms with E-state index < -0.39 is 0 Å². The van der Waals surface area contributed by atoms with E-state index in [1.54, 1.807) is 7.05 Å². The fraction of sp³-hybridized carbons (Fsp3) is 0.286. The first kappa shape index (κ1) is 7.65. The lowest BCUT2D eigenvalue weighted by atomic mass is 10.5. The minimum atomic E-state index is -0.216. The van der Waals surface area contributed by atoms with Crippen molar-refractivity contribution in [2.24, 2.45) is 0 Å². The molecule has 0 aliphatic heterocycles. The predicted octanol–water partition coefficient (Wildman–Crippen LogP) is 1.07. The van der Waals surface area contributed by atoms with Crippen LogP contribution in [0, 0.1) is 6.92 Å². The fourth-order valence-electron chi connectivity index (χ4n) is 0.762. The van der Waals surface area contributed by atoms with Gasteiger partial charge < -0.3 is 10.3 Å². The van der Waals surface area contributed by atoms with E-state index in [1.807, 2.05) is 19.1 Å². The van der Waals surface area contributed by atoms with E-state index in [0.717, 1.165) is 5.69 Å². The molecule has 0 radical (unpaired) electrons. The molecule has 1 rings (SSSR count). The Labute approximate surface area is 65.0 Å². The number of amides is 2. The number of urea groups is 1. The Morgan fingerprint density at radius 2 is 2.27 bits per heavy atom. The number of aromatic amines is 1. The van der Waals surface area contributed by atoms with Crippen LogP contribution >= 0.6 is 0 Å². The second-order valence-electron chi connectivity index (χ2n) is 2.26. The molecule has 0 saturated carbocycles. The first-order valence-electron chi connectivity index (χ1n) is 3.36. The Bertz CT molecular complexity index is 254. The zero-order chi connectivity index (χ0) is 8.27. The minimum Gasteiger partial charge on any atom is -0.346 e. The van der Waals surface area contributed by atoms with Crippen LogP contribution in [0.2, 0.25) is 0 Å². The third-order valence-corrected chi connectivity index (χ3v) is 1.31. The molecule has 4 heteroatoms. The Morgan fingerprint density at radius 3 is 2.73 bits per heavy atom. The maximum absolute atomic E-state index is 10.7. The number of nitrogens with one attached hydrogen (secondary N) is 3. The van der Waals surface area contributed by atoms with Crippen molar-refractivity contribution < 1.29 is 4.79 Å². The van der Waals surface area contributed by atoms with Crippen LogP contribution in [0.4, 0.5) is 10.6 Å². The summed E-state index contributed by atoms with van der Waals surface area (Å²) >= 11 is 0. The lowest BCUT2D eigenvalue weighted by Crippen LogP contribution is -2.24. The van der Waals surface area contributed by atoms with E-state index in [1.165, 1.54) is 0 Å². The number of aromatic nitrogens is 1. The van der Waals surface area contributed by atoms with Gasteiger partial charge in [0.05, 0.1) is 0 Å². The molecule has 0 aliphatic rings. The zero-order valence-electron chi connectivity index (χ0n) is 6.56. The van der Waals surface area contributed by atoms with Gasteiger partial charge in [-0.05, 0) is 19.1 Å². The molecule has 0 atom stereocenters. The molecule has 60 valence electrons. The molecule has 0 bridgehead atoms. The number of aryl methyl sites for hydroxylation is 1. The largest absolute Gasteiger partial charge is 0.346 e. The second-order valence-corrected chi connectivity index (χ2v) is 2.26. The lowest BCUT2D eigenvalue weighted by molar-refractivity contribution is 0.254. The number of carbonyl (C=O) groups is 1. The van der Waals surface area contributed by atoms with Gasteiger partial charge in [-0.25, -0.2) is 4.79 Å². The first-order chi connectivity index (χ1) is 5.22. The van der Waals surface area contributed by atoms with Crippen LogP contribution in [-0.2, 0) is 0 Å². The Kier molecular flexibility index (Phi) is 2.15. The Morgan fingerprint density at radius 1 is 1.55 bits per heavy atom. The molecular weight excluding hydrogens is 142 g/mol. The second kappa shape index (κ2) is 3.09. The van der Waals surface area contributed by atoms with Crippen molar-refractivity contribution in [2.75, 3.05) is 12.4 Å². The molecule has 0 unspecified atom stereocenters. The molecule has 2 amide bonds. The van der Waals surface area contributed by atoms with Crippen molar-refractivity contribution in [1.29, 1.82) is 0 Å². The molecule has 0 aliphatic carbocycles. The molecule has 0 fully saturated rings. The van der Waals surface area contributed by atoms with Gasteiger partial charge in [0.2, 0.25) is 0 Å². The lowest BCUT2D eigenvalue weighted by Gasteiger charge is -1.99. The Balaban J connectivity index is 2.57. The van der Waals surface area contributed by atoms with Gasteiger partial charge in [-0.3, -0.25) is 5.32 Å². The van der Waals surface area contributed by atoms with Gasteiger partial charge in [0.1, 0.15) is 5.82 Å². The number of hydrogen-bond acceptors (Lipinski definition) is 1. The van der Waals surface area contributed by atoms with Gasteiger partial charge in [0.15, 0.2) is 0 Å². The number of hydrogen-bond donors (Lipinski definition) is 3. The molecule has 1 heterocycles. The van der Waals surface area contributed by atoms with E-state index >= 15 is 0 Å². The van der Waals surface area contributed by atoms with E-state index in [4.69, 9.17) is 0 Å². The summed E-state index contributed by atoms with van der Waals surface area (Å²) in [4.78, 5) is 13.7. The number of H-pyrrole nitrogens is 1. The van der Waals surface area contributed by atoms with Crippen LogP contribution in [0.15, 0.2) is 12.1 Å². The average molecular weight is 153 g/mol. The van der Waals surface area contributed by atoms with E-state index in [0.29, 0.717) is 5.82 Å². The van der Waals surface area contributed by atoms with Gasteiger partial charge in [-0.15, -0.1) is 0 Å². The third-order valence-electron chi connectivity index (χ3n) is 1.31. The normalized spacial score (nSPS) is 9.27. The van der Waals surface area contributed by atoms with Gasteiger partial charge in [-0.2, -0.15) is 0 Å². The van der Waals surface area contributed by atoms with Gasteiger partial charge in [0.25, 0.3) is 0 Å². The van der Waals surface area contributed by atoms with Crippen molar-refractivity contribution >= 4 is 11.8 Å². The van der Waals surface area contributed by atoms with Gasteiger partial charge in [0, 0.05) is 12.7 Å². The van der Waals surface area contributed by atoms with Gasteiger partial charge in [-0.1, -0.05) is 0 Å². The van der Waals surface area contributed by atoms with Crippen molar-refractivity contribution in [3.05, 3.63) is 17.8 Å². The summed E-state index contributed by atoms with van der Waals surface area (Å²) in [5.41, 5.74) is 1.02. The molecule has 4 nitrogen and oxygen atoms in total. The summed E-state index contributed by atoms with van der Waals surface area (Å²) in [6.45, 7) is 1.93. The fourth-order valence-corrected chi connectivity index (χ4v) is 0.762. The standard InChI is InChI=1S/C7H11N3O/c1-5-3-4-6(9-5)10-7(11)8-2/h3-4,9H,1-2H3,(H2,8,10,11). The molecule has 11 heavy (non-hydrogen) atoms. The Hall–Kier alpha value is -1.45. The van der Waals surface area contributed by atoms with Crippen LogP contribution in [0.5, 0.6) is 0 Å². The zero-order valence-corrected chi connectivity index (χ0v) is 6.56. The summed E-state index contributed by atoms with van der Waals surface area (Å²) in [5, 5.41) is 5.06. The highest BCUT2D eigenvalue weighted by atomic mass is 16.2.